The molecule has 1 N–H and O–H groups in total. The molecule has 7 nitrogen and oxygen atoms in total. The molecule has 0 spiro atoms. The first-order valence-electron chi connectivity index (χ1n) is 13.2. The van der Waals surface area contributed by atoms with Gasteiger partial charge in [-0.25, -0.2) is 0 Å². The molecule has 0 bridgehead atoms. The van der Waals surface area contributed by atoms with Crippen LogP contribution in [-0.4, -0.2) is 41.8 Å². The molecule has 38 heavy (non-hydrogen) atoms. The average Bonchev–Trinajstić information content (AvgIpc) is 3.49. The minimum absolute atomic E-state index is 0.0634. The predicted molar refractivity (Wildman–Crippen MR) is 137 cm³/mol. The molecule has 0 saturated heterocycles. The standard InChI is InChI=1S/C29H39F2NO6/c1-26(2)15-27(3,4)17-28(34,16-26)29(30,31)25(33)21-9-7-8-20(21)22-12-19(38-32-22)14-37-18-10-11-23(35-5)24(13-18)36-6/h10-13,20-21,34H,7-9,14-17H2,1-6H3/t20-,21?/m1/s1. The molecule has 2 atom stereocenters. The Morgan fingerprint density at radius 1 is 1.05 bits per heavy atom. The maximum atomic E-state index is 15.9. The van der Waals surface area contributed by atoms with Gasteiger partial charge in [-0.1, -0.05) is 39.3 Å². The summed E-state index contributed by atoms with van der Waals surface area (Å²) in [5.41, 5.74) is -2.95. The average molecular weight is 536 g/mol. The second-order valence-electron chi connectivity index (χ2n) is 12.5. The molecule has 2 aliphatic rings. The number of alkyl halides is 2. The highest BCUT2D eigenvalue weighted by molar-refractivity contribution is 5.90. The summed E-state index contributed by atoms with van der Waals surface area (Å²) in [5.74, 6) is -4.47. The van der Waals surface area contributed by atoms with Crippen molar-refractivity contribution in [2.75, 3.05) is 14.2 Å². The van der Waals surface area contributed by atoms with Crippen molar-refractivity contribution in [2.24, 2.45) is 16.7 Å². The van der Waals surface area contributed by atoms with Crippen molar-refractivity contribution in [3.05, 3.63) is 35.7 Å². The minimum Gasteiger partial charge on any atom is -0.493 e. The van der Waals surface area contributed by atoms with Gasteiger partial charge in [0.05, 0.1) is 19.9 Å². The molecule has 2 saturated carbocycles. The van der Waals surface area contributed by atoms with Crippen molar-refractivity contribution < 1.29 is 37.4 Å². The van der Waals surface area contributed by atoms with Crippen molar-refractivity contribution in [3.8, 4) is 17.2 Å². The Kier molecular flexibility index (Phi) is 7.55. The van der Waals surface area contributed by atoms with E-state index >= 15 is 8.78 Å². The summed E-state index contributed by atoms with van der Waals surface area (Å²) in [6.07, 6.45) is 1.95. The van der Waals surface area contributed by atoms with Crippen LogP contribution in [0.3, 0.4) is 0 Å². The first kappa shape index (κ1) is 28.3. The quantitative estimate of drug-likeness (QED) is 0.401. The highest BCUT2D eigenvalue weighted by Gasteiger charge is 2.65. The Labute approximate surface area is 222 Å². The number of halogens is 2. The summed E-state index contributed by atoms with van der Waals surface area (Å²) < 4.78 is 53.4. The van der Waals surface area contributed by atoms with Crippen molar-refractivity contribution in [1.29, 1.82) is 0 Å². The number of carbonyl (C=O) groups is 1. The summed E-state index contributed by atoms with van der Waals surface area (Å²) in [4.78, 5) is 13.4. The van der Waals surface area contributed by atoms with E-state index in [0.29, 0.717) is 54.4 Å². The Hall–Kier alpha value is -2.68. The van der Waals surface area contributed by atoms with Crippen LogP contribution in [0.5, 0.6) is 17.2 Å². The second-order valence-corrected chi connectivity index (χ2v) is 12.5. The lowest BCUT2D eigenvalue weighted by Crippen LogP contribution is -2.61. The van der Waals surface area contributed by atoms with Crippen molar-refractivity contribution in [1.82, 2.24) is 5.16 Å². The molecular weight excluding hydrogens is 496 g/mol. The highest BCUT2D eigenvalue weighted by Crippen LogP contribution is 2.56. The van der Waals surface area contributed by atoms with Crippen LogP contribution in [0.15, 0.2) is 28.8 Å². The third-order valence-electron chi connectivity index (χ3n) is 7.94. The Morgan fingerprint density at radius 3 is 2.34 bits per heavy atom. The fourth-order valence-corrected chi connectivity index (χ4v) is 7.01. The topological polar surface area (TPSA) is 91.0 Å². The number of hydrogen-bond acceptors (Lipinski definition) is 7. The molecule has 210 valence electrons. The van der Waals surface area contributed by atoms with Gasteiger partial charge in [0, 0.05) is 24.0 Å². The van der Waals surface area contributed by atoms with Gasteiger partial charge in [-0.05, 0) is 55.1 Å². The summed E-state index contributed by atoms with van der Waals surface area (Å²) in [6.45, 7) is 7.56. The van der Waals surface area contributed by atoms with E-state index in [-0.39, 0.29) is 19.4 Å². The molecule has 2 aliphatic carbocycles. The van der Waals surface area contributed by atoms with E-state index in [1.807, 2.05) is 27.7 Å². The molecule has 0 aliphatic heterocycles. The molecule has 2 fully saturated rings. The lowest BCUT2D eigenvalue weighted by Gasteiger charge is -2.51. The fraction of sp³-hybridized carbons (Fsp3) is 0.655. The van der Waals surface area contributed by atoms with Gasteiger partial charge in [0.15, 0.2) is 17.3 Å². The number of ether oxygens (including phenoxy) is 3. The van der Waals surface area contributed by atoms with E-state index < -0.39 is 40.0 Å². The molecule has 4 rings (SSSR count). The number of aliphatic hydroxyl groups is 1. The minimum atomic E-state index is -3.86. The maximum Gasteiger partial charge on any atom is 0.333 e. The number of Topliss-reactive ketones (excluding diaryl/α,β-unsaturated/α-hetero) is 1. The van der Waals surface area contributed by atoms with Crippen LogP contribution in [-0.2, 0) is 11.4 Å². The first-order valence-corrected chi connectivity index (χ1v) is 13.2. The summed E-state index contributed by atoms with van der Waals surface area (Å²) >= 11 is 0. The Bertz CT molecular complexity index is 1140. The van der Waals surface area contributed by atoms with Crippen LogP contribution in [0.2, 0.25) is 0 Å². The van der Waals surface area contributed by atoms with E-state index in [1.54, 1.807) is 31.4 Å². The van der Waals surface area contributed by atoms with E-state index in [4.69, 9.17) is 18.7 Å². The van der Waals surface area contributed by atoms with Gasteiger partial charge in [-0.15, -0.1) is 0 Å². The molecule has 1 heterocycles. The number of methoxy groups -OCH3 is 2. The van der Waals surface area contributed by atoms with Crippen LogP contribution in [0.1, 0.15) is 83.6 Å². The smallest absolute Gasteiger partial charge is 0.333 e. The monoisotopic (exact) mass is 535 g/mol. The molecule has 9 heteroatoms. The molecule has 1 aromatic carbocycles. The predicted octanol–water partition coefficient (Wildman–Crippen LogP) is 6.33. The van der Waals surface area contributed by atoms with E-state index in [0.717, 1.165) is 0 Å². The summed E-state index contributed by atoms with van der Waals surface area (Å²) in [5, 5.41) is 15.4. The van der Waals surface area contributed by atoms with Gasteiger partial charge in [-0.3, -0.25) is 4.79 Å². The number of aromatic nitrogens is 1. The van der Waals surface area contributed by atoms with Crippen LogP contribution >= 0.6 is 0 Å². The van der Waals surface area contributed by atoms with Crippen molar-refractivity contribution >= 4 is 5.78 Å². The molecule has 0 radical (unpaired) electrons. The molecular formula is C29H39F2NO6. The maximum absolute atomic E-state index is 15.9. The van der Waals surface area contributed by atoms with E-state index in [2.05, 4.69) is 5.16 Å². The second kappa shape index (κ2) is 10.1. The Balaban J connectivity index is 1.48. The van der Waals surface area contributed by atoms with Crippen LogP contribution in [0.25, 0.3) is 0 Å². The van der Waals surface area contributed by atoms with Gasteiger partial charge in [0.2, 0.25) is 5.78 Å². The Morgan fingerprint density at radius 2 is 1.71 bits per heavy atom. The van der Waals surface area contributed by atoms with Gasteiger partial charge in [-0.2, -0.15) is 8.78 Å². The number of benzene rings is 1. The van der Waals surface area contributed by atoms with Crippen LogP contribution in [0.4, 0.5) is 8.78 Å². The zero-order valence-corrected chi connectivity index (χ0v) is 23.1. The van der Waals surface area contributed by atoms with Gasteiger partial charge < -0.3 is 23.8 Å². The number of hydrogen-bond donors (Lipinski definition) is 1. The van der Waals surface area contributed by atoms with Crippen LogP contribution < -0.4 is 14.2 Å². The normalized spacial score (nSPS) is 24.1. The highest BCUT2D eigenvalue weighted by atomic mass is 19.3. The number of nitrogens with zero attached hydrogens (tertiary/aromatic N) is 1. The number of rotatable bonds is 9. The van der Waals surface area contributed by atoms with Gasteiger partial charge >= 0.3 is 5.92 Å². The zero-order valence-electron chi connectivity index (χ0n) is 23.1. The first-order chi connectivity index (χ1) is 17.7. The van der Waals surface area contributed by atoms with Crippen molar-refractivity contribution in [3.63, 3.8) is 0 Å². The summed E-state index contributed by atoms with van der Waals surface area (Å²) in [6, 6.07) is 6.79. The molecule has 0 amide bonds. The largest absolute Gasteiger partial charge is 0.493 e. The number of carbonyl (C=O) groups excluding carboxylic acids is 1. The molecule has 1 aromatic heterocycles. The van der Waals surface area contributed by atoms with Gasteiger partial charge in [0.25, 0.3) is 0 Å². The fourth-order valence-electron chi connectivity index (χ4n) is 7.01. The third-order valence-corrected chi connectivity index (χ3v) is 7.94. The van der Waals surface area contributed by atoms with Gasteiger partial charge in [0.1, 0.15) is 18.0 Å². The van der Waals surface area contributed by atoms with E-state index in [1.165, 1.54) is 7.11 Å². The zero-order chi connectivity index (χ0) is 27.9. The molecule has 2 aromatic rings. The molecule has 1 unspecified atom stereocenters. The van der Waals surface area contributed by atoms with Crippen molar-refractivity contribution in [2.45, 2.75) is 90.3 Å². The summed E-state index contributed by atoms with van der Waals surface area (Å²) in [7, 11) is 3.07. The third kappa shape index (κ3) is 5.53. The number of ketones is 1. The van der Waals surface area contributed by atoms with E-state index in [9.17, 15) is 9.90 Å². The SMILES string of the molecule is COc1ccc(OCc2cc([C@@H]3CCCC3C(=O)C(F)(F)C3(O)CC(C)(C)CC(C)(C)C3)no2)cc1OC. The van der Waals surface area contributed by atoms with Crippen LogP contribution in [0, 0.1) is 16.7 Å². The lowest BCUT2D eigenvalue weighted by molar-refractivity contribution is -0.225. The lowest BCUT2D eigenvalue weighted by atomic mass is 9.57.